The maximum absolute atomic E-state index is 12.2. The molecule has 3 rings (SSSR count). The van der Waals surface area contributed by atoms with E-state index in [4.69, 9.17) is 5.26 Å². The SMILES string of the molecule is Cc1nnc(SCC(=O)Nc2cccc(C#N)c2)n1Cc1ccccc1. The van der Waals surface area contributed by atoms with Gasteiger partial charge in [0, 0.05) is 5.69 Å². The van der Waals surface area contributed by atoms with Crippen LogP contribution >= 0.6 is 11.8 Å². The highest BCUT2D eigenvalue weighted by atomic mass is 32.2. The number of aromatic nitrogens is 3. The van der Waals surface area contributed by atoms with E-state index < -0.39 is 0 Å². The number of aryl methyl sites for hydroxylation is 1. The van der Waals surface area contributed by atoms with E-state index in [1.807, 2.05) is 41.8 Å². The van der Waals surface area contributed by atoms with E-state index in [0.29, 0.717) is 23.0 Å². The van der Waals surface area contributed by atoms with Crippen LogP contribution in [0.25, 0.3) is 0 Å². The van der Waals surface area contributed by atoms with Gasteiger partial charge in [-0.15, -0.1) is 10.2 Å². The maximum Gasteiger partial charge on any atom is 0.234 e. The van der Waals surface area contributed by atoms with E-state index in [1.54, 1.807) is 24.3 Å². The summed E-state index contributed by atoms with van der Waals surface area (Å²) in [4.78, 5) is 12.2. The average molecular weight is 363 g/mol. The molecule has 7 heteroatoms. The third-order valence-corrected chi connectivity index (χ3v) is 4.66. The fraction of sp³-hybridized carbons (Fsp3) is 0.158. The lowest BCUT2D eigenvalue weighted by molar-refractivity contribution is -0.113. The van der Waals surface area contributed by atoms with Crippen molar-refractivity contribution in [3.8, 4) is 6.07 Å². The second-order valence-electron chi connectivity index (χ2n) is 5.63. The van der Waals surface area contributed by atoms with E-state index in [-0.39, 0.29) is 11.7 Å². The highest BCUT2D eigenvalue weighted by Crippen LogP contribution is 2.19. The largest absolute Gasteiger partial charge is 0.325 e. The van der Waals surface area contributed by atoms with Crippen molar-refractivity contribution in [3.63, 3.8) is 0 Å². The van der Waals surface area contributed by atoms with Gasteiger partial charge in [-0.1, -0.05) is 48.2 Å². The van der Waals surface area contributed by atoms with Crippen molar-refractivity contribution in [1.82, 2.24) is 14.8 Å². The van der Waals surface area contributed by atoms with Crippen LogP contribution in [0.1, 0.15) is 17.0 Å². The zero-order valence-electron chi connectivity index (χ0n) is 14.2. The number of nitrogens with one attached hydrogen (secondary N) is 1. The van der Waals surface area contributed by atoms with Crippen LogP contribution in [0.15, 0.2) is 59.8 Å². The van der Waals surface area contributed by atoms with E-state index in [0.717, 1.165) is 11.4 Å². The van der Waals surface area contributed by atoms with Crippen molar-refractivity contribution in [2.24, 2.45) is 0 Å². The smallest absolute Gasteiger partial charge is 0.234 e. The monoisotopic (exact) mass is 363 g/mol. The number of nitriles is 1. The van der Waals surface area contributed by atoms with E-state index >= 15 is 0 Å². The molecular weight excluding hydrogens is 346 g/mol. The zero-order valence-corrected chi connectivity index (χ0v) is 15.0. The average Bonchev–Trinajstić information content (AvgIpc) is 3.01. The number of carbonyl (C=O) groups excluding carboxylic acids is 1. The Kier molecular flexibility index (Phi) is 5.66. The van der Waals surface area contributed by atoms with Crippen molar-refractivity contribution in [2.75, 3.05) is 11.1 Å². The highest BCUT2D eigenvalue weighted by molar-refractivity contribution is 7.99. The molecule has 0 aliphatic rings. The standard InChI is InChI=1S/C19H17N5OS/c1-14-22-23-19(24(14)12-15-6-3-2-4-7-15)26-13-18(25)21-17-9-5-8-16(10-17)11-20/h2-10H,12-13H2,1H3,(H,21,25). The topological polar surface area (TPSA) is 83.6 Å². The van der Waals surface area contributed by atoms with E-state index in [9.17, 15) is 4.79 Å². The van der Waals surface area contributed by atoms with Gasteiger partial charge in [-0.3, -0.25) is 4.79 Å². The lowest BCUT2D eigenvalue weighted by Gasteiger charge is -2.09. The van der Waals surface area contributed by atoms with Crippen molar-refractivity contribution in [2.45, 2.75) is 18.6 Å². The van der Waals surface area contributed by atoms with Gasteiger partial charge in [-0.25, -0.2) is 0 Å². The molecule has 0 bridgehead atoms. The number of thioether (sulfide) groups is 1. The molecule has 0 aliphatic heterocycles. The quantitative estimate of drug-likeness (QED) is 0.680. The molecule has 6 nitrogen and oxygen atoms in total. The number of carbonyl (C=O) groups is 1. The van der Waals surface area contributed by atoms with Crippen LogP contribution in [-0.2, 0) is 11.3 Å². The first-order valence-corrected chi connectivity index (χ1v) is 9.01. The Balaban J connectivity index is 1.63. The van der Waals surface area contributed by atoms with Crippen molar-refractivity contribution < 1.29 is 4.79 Å². The van der Waals surface area contributed by atoms with Crippen LogP contribution in [0.3, 0.4) is 0 Å². The number of amides is 1. The summed E-state index contributed by atoms with van der Waals surface area (Å²) in [6, 6.07) is 18.9. The third-order valence-electron chi connectivity index (χ3n) is 3.69. The van der Waals surface area contributed by atoms with E-state index in [1.165, 1.54) is 11.8 Å². The molecule has 0 saturated carbocycles. The first-order valence-electron chi connectivity index (χ1n) is 8.02. The number of nitrogens with zero attached hydrogens (tertiary/aromatic N) is 4. The molecule has 3 aromatic rings. The Morgan fingerprint density at radius 1 is 1.19 bits per heavy atom. The minimum Gasteiger partial charge on any atom is -0.325 e. The van der Waals surface area contributed by atoms with Crippen molar-refractivity contribution in [1.29, 1.82) is 5.26 Å². The Labute approximate surface area is 155 Å². The Hall–Kier alpha value is -3.11. The molecule has 1 aromatic heterocycles. The first-order chi connectivity index (χ1) is 12.7. The first kappa shape index (κ1) is 17.7. The van der Waals surface area contributed by atoms with Crippen LogP contribution in [0.4, 0.5) is 5.69 Å². The summed E-state index contributed by atoms with van der Waals surface area (Å²) in [5.74, 6) is 0.861. The maximum atomic E-state index is 12.2. The number of hydrogen-bond acceptors (Lipinski definition) is 5. The summed E-state index contributed by atoms with van der Waals surface area (Å²) in [5, 5.41) is 20.7. The van der Waals surface area contributed by atoms with Crippen LogP contribution in [0.5, 0.6) is 0 Å². The molecule has 0 fully saturated rings. The van der Waals surface area contributed by atoms with Gasteiger partial charge in [0.2, 0.25) is 5.91 Å². The number of rotatable bonds is 6. The highest BCUT2D eigenvalue weighted by Gasteiger charge is 2.12. The van der Waals surface area contributed by atoms with Crippen LogP contribution < -0.4 is 5.32 Å². The predicted molar refractivity (Wildman–Crippen MR) is 101 cm³/mol. The van der Waals surface area contributed by atoms with Gasteiger partial charge in [0.15, 0.2) is 5.16 Å². The van der Waals surface area contributed by atoms with Crippen LogP contribution in [-0.4, -0.2) is 26.4 Å². The Morgan fingerprint density at radius 2 is 2.00 bits per heavy atom. The summed E-state index contributed by atoms with van der Waals surface area (Å²) in [7, 11) is 0. The number of anilines is 1. The minimum atomic E-state index is -0.156. The molecule has 0 radical (unpaired) electrons. The molecule has 26 heavy (non-hydrogen) atoms. The van der Waals surface area contributed by atoms with Gasteiger partial charge in [0.1, 0.15) is 5.82 Å². The molecular formula is C19H17N5OS. The fourth-order valence-electron chi connectivity index (χ4n) is 2.41. The van der Waals surface area contributed by atoms with Crippen molar-refractivity contribution >= 4 is 23.4 Å². The molecule has 2 aromatic carbocycles. The molecule has 0 aliphatic carbocycles. The predicted octanol–water partition coefficient (Wildman–Crippen LogP) is 3.24. The molecule has 0 unspecified atom stereocenters. The third kappa shape index (κ3) is 4.49. The van der Waals surface area contributed by atoms with Gasteiger partial charge in [0.05, 0.1) is 23.9 Å². The minimum absolute atomic E-state index is 0.156. The molecule has 130 valence electrons. The number of benzene rings is 2. The van der Waals surface area contributed by atoms with Crippen LogP contribution in [0, 0.1) is 18.3 Å². The molecule has 1 amide bonds. The lowest BCUT2D eigenvalue weighted by Crippen LogP contribution is -2.15. The van der Waals surface area contributed by atoms with Gasteiger partial charge >= 0.3 is 0 Å². The summed E-state index contributed by atoms with van der Waals surface area (Å²) < 4.78 is 1.99. The fourth-order valence-corrected chi connectivity index (χ4v) is 3.19. The van der Waals surface area contributed by atoms with Gasteiger partial charge in [0.25, 0.3) is 0 Å². The number of hydrogen-bond donors (Lipinski definition) is 1. The molecule has 0 saturated heterocycles. The molecule has 0 atom stereocenters. The lowest BCUT2D eigenvalue weighted by atomic mass is 10.2. The van der Waals surface area contributed by atoms with Crippen molar-refractivity contribution in [3.05, 3.63) is 71.5 Å². The normalized spacial score (nSPS) is 10.3. The Morgan fingerprint density at radius 3 is 2.77 bits per heavy atom. The van der Waals surface area contributed by atoms with Gasteiger partial charge in [-0.2, -0.15) is 5.26 Å². The summed E-state index contributed by atoms with van der Waals surface area (Å²) in [6.07, 6.45) is 0. The van der Waals surface area contributed by atoms with E-state index in [2.05, 4.69) is 21.6 Å². The van der Waals surface area contributed by atoms with Gasteiger partial charge < -0.3 is 9.88 Å². The summed E-state index contributed by atoms with van der Waals surface area (Å²) >= 11 is 1.34. The summed E-state index contributed by atoms with van der Waals surface area (Å²) in [5.41, 5.74) is 2.26. The summed E-state index contributed by atoms with van der Waals surface area (Å²) in [6.45, 7) is 2.56. The zero-order chi connectivity index (χ0) is 18.4. The van der Waals surface area contributed by atoms with Gasteiger partial charge in [-0.05, 0) is 30.7 Å². The molecule has 1 N–H and O–H groups in total. The molecule has 1 heterocycles. The molecule has 0 spiro atoms. The Bertz CT molecular complexity index is 946. The second-order valence-corrected chi connectivity index (χ2v) is 6.57. The second kappa shape index (κ2) is 8.32. The van der Waals surface area contributed by atoms with Crippen LogP contribution in [0.2, 0.25) is 0 Å².